The molecule has 1 N–H and O–H groups in total. The zero-order valence-electron chi connectivity index (χ0n) is 10.4. The first-order chi connectivity index (χ1) is 8.20. The number of aliphatic carboxylic acids is 1. The molecule has 1 aliphatic rings. The molecule has 0 saturated carbocycles. The van der Waals surface area contributed by atoms with Crippen molar-refractivity contribution in [2.24, 2.45) is 5.92 Å². The number of carboxylic acids is 1. The molecule has 0 aromatic rings. The third-order valence-electron chi connectivity index (χ3n) is 3.11. The van der Waals surface area contributed by atoms with Crippen LogP contribution in [0.3, 0.4) is 0 Å². The molecule has 0 aromatic carbocycles. The third kappa shape index (κ3) is 4.03. The Bertz CT molecular complexity index is 285. The van der Waals surface area contributed by atoms with Gasteiger partial charge in [-0.1, -0.05) is 6.92 Å². The summed E-state index contributed by atoms with van der Waals surface area (Å²) >= 11 is 0. The van der Waals surface area contributed by atoms with Crippen LogP contribution >= 0.6 is 0 Å². The lowest BCUT2D eigenvalue weighted by Gasteiger charge is -2.29. The minimum atomic E-state index is -0.759. The SMILES string of the molecule is C#CCCCN(CCC)C1COCC1C(=O)O. The van der Waals surface area contributed by atoms with Crippen molar-refractivity contribution in [1.29, 1.82) is 0 Å². The van der Waals surface area contributed by atoms with Gasteiger partial charge in [-0.15, -0.1) is 12.3 Å². The first-order valence-electron chi connectivity index (χ1n) is 6.18. The third-order valence-corrected chi connectivity index (χ3v) is 3.11. The summed E-state index contributed by atoms with van der Waals surface area (Å²) in [4.78, 5) is 13.3. The number of nitrogens with zero attached hydrogens (tertiary/aromatic N) is 1. The van der Waals surface area contributed by atoms with Crippen LogP contribution in [0.2, 0.25) is 0 Å². The van der Waals surface area contributed by atoms with Crippen LogP contribution in [0.1, 0.15) is 26.2 Å². The number of hydrogen-bond donors (Lipinski definition) is 1. The highest BCUT2D eigenvalue weighted by Gasteiger charge is 2.37. The molecule has 0 bridgehead atoms. The number of ether oxygens (including phenoxy) is 1. The van der Waals surface area contributed by atoms with Gasteiger partial charge in [0.05, 0.1) is 19.1 Å². The van der Waals surface area contributed by atoms with E-state index in [1.165, 1.54) is 0 Å². The van der Waals surface area contributed by atoms with E-state index in [9.17, 15) is 4.79 Å². The topological polar surface area (TPSA) is 49.8 Å². The smallest absolute Gasteiger partial charge is 0.310 e. The fourth-order valence-corrected chi connectivity index (χ4v) is 2.25. The van der Waals surface area contributed by atoms with Crippen LogP contribution < -0.4 is 0 Å². The Hall–Kier alpha value is -1.05. The molecule has 17 heavy (non-hydrogen) atoms. The van der Waals surface area contributed by atoms with Crippen LogP contribution in [-0.4, -0.2) is 48.3 Å². The van der Waals surface area contributed by atoms with Crippen molar-refractivity contribution in [3.05, 3.63) is 0 Å². The standard InChI is InChI=1S/C13H21NO3/c1-3-5-6-8-14(7-4-2)12-10-17-9-11(12)13(15)16/h1,11-12H,4-10H2,2H3,(H,15,16). The Morgan fingerprint density at radius 1 is 1.53 bits per heavy atom. The fourth-order valence-electron chi connectivity index (χ4n) is 2.25. The molecular weight excluding hydrogens is 218 g/mol. The van der Waals surface area contributed by atoms with Crippen molar-refractivity contribution in [2.75, 3.05) is 26.3 Å². The Labute approximate surface area is 103 Å². The van der Waals surface area contributed by atoms with Crippen molar-refractivity contribution in [3.8, 4) is 12.3 Å². The summed E-state index contributed by atoms with van der Waals surface area (Å²) in [7, 11) is 0. The van der Waals surface area contributed by atoms with E-state index in [2.05, 4.69) is 17.7 Å². The molecule has 0 aromatic heterocycles. The van der Waals surface area contributed by atoms with Gasteiger partial charge in [0.1, 0.15) is 0 Å². The van der Waals surface area contributed by atoms with Crippen LogP contribution in [0, 0.1) is 18.3 Å². The van der Waals surface area contributed by atoms with Crippen LogP contribution in [0.4, 0.5) is 0 Å². The van der Waals surface area contributed by atoms with E-state index in [0.717, 1.165) is 32.4 Å². The average molecular weight is 239 g/mol. The van der Waals surface area contributed by atoms with E-state index in [0.29, 0.717) is 13.2 Å². The summed E-state index contributed by atoms with van der Waals surface area (Å²) in [6, 6.07) is 0.00484. The molecule has 2 unspecified atom stereocenters. The minimum Gasteiger partial charge on any atom is -0.481 e. The molecule has 1 rings (SSSR count). The summed E-state index contributed by atoms with van der Waals surface area (Å²) in [6.07, 6.45) is 7.90. The molecule has 4 nitrogen and oxygen atoms in total. The highest BCUT2D eigenvalue weighted by atomic mass is 16.5. The summed E-state index contributed by atoms with van der Waals surface area (Å²) in [6.45, 7) is 4.71. The van der Waals surface area contributed by atoms with E-state index in [1.807, 2.05) is 0 Å². The van der Waals surface area contributed by atoms with Crippen molar-refractivity contribution < 1.29 is 14.6 Å². The van der Waals surface area contributed by atoms with Gasteiger partial charge in [-0.3, -0.25) is 9.69 Å². The van der Waals surface area contributed by atoms with Crippen molar-refractivity contribution >= 4 is 5.97 Å². The number of hydrogen-bond acceptors (Lipinski definition) is 3. The molecule has 0 spiro atoms. The molecular formula is C13H21NO3. The van der Waals surface area contributed by atoms with Crippen molar-refractivity contribution in [2.45, 2.75) is 32.2 Å². The van der Waals surface area contributed by atoms with Gasteiger partial charge in [0.25, 0.3) is 0 Å². The lowest BCUT2D eigenvalue weighted by atomic mass is 10.0. The van der Waals surface area contributed by atoms with Crippen LogP contribution in [0.5, 0.6) is 0 Å². The first-order valence-corrected chi connectivity index (χ1v) is 6.18. The van der Waals surface area contributed by atoms with E-state index in [1.54, 1.807) is 0 Å². The number of unbranched alkanes of at least 4 members (excludes halogenated alkanes) is 1. The molecule has 0 radical (unpaired) electrons. The first kappa shape index (κ1) is 14.0. The summed E-state index contributed by atoms with van der Waals surface area (Å²) in [5, 5.41) is 9.13. The Kier molecular flexibility index (Phi) is 6.03. The summed E-state index contributed by atoms with van der Waals surface area (Å²) < 4.78 is 5.30. The molecule has 1 saturated heterocycles. The van der Waals surface area contributed by atoms with Gasteiger partial charge >= 0.3 is 5.97 Å². The largest absolute Gasteiger partial charge is 0.481 e. The predicted octanol–water partition coefficient (Wildman–Crippen LogP) is 1.21. The van der Waals surface area contributed by atoms with Gasteiger partial charge in [0, 0.05) is 12.5 Å². The second-order valence-electron chi connectivity index (χ2n) is 4.39. The summed E-state index contributed by atoms with van der Waals surface area (Å²) in [5.74, 6) is 1.46. The second-order valence-corrected chi connectivity index (χ2v) is 4.39. The molecule has 1 aliphatic heterocycles. The van der Waals surface area contributed by atoms with Crippen molar-refractivity contribution in [3.63, 3.8) is 0 Å². The zero-order chi connectivity index (χ0) is 12.7. The number of terminal acetylenes is 1. The number of carboxylic acid groups (broad SMARTS) is 1. The quantitative estimate of drug-likeness (QED) is 0.536. The van der Waals surface area contributed by atoms with Gasteiger partial charge in [-0.2, -0.15) is 0 Å². The van der Waals surface area contributed by atoms with Crippen LogP contribution in [0.15, 0.2) is 0 Å². The highest BCUT2D eigenvalue weighted by molar-refractivity contribution is 5.71. The molecule has 96 valence electrons. The Morgan fingerprint density at radius 3 is 2.88 bits per heavy atom. The predicted molar refractivity (Wildman–Crippen MR) is 65.7 cm³/mol. The Balaban J connectivity index is 2.55. The molecule has 2 atom stereocenters. The second kappa shape index (κ2) is 7.31. The maximum atomic E-state index is 11.1. The monoisotopic (exact) mass is 239 g/mol. The maximum Gasteiger partial charge on any atom is 0.310 e. The van der Waals surface area contributed by atoms with E-state index < -0.39 is 11.9 Å². The van der Waals surface area contributed by atoms with Gasteiger partial charge in [0.2, 0.25) is 0 Å². The molecule has 1 fully saturated rings. The Morgan fingerprint density at radius 2 is 2.29 bits per heavy atom. The fraction of sp³-hybridized carbons (Fsp3) is 0.769. The van der Waals surface area contributed by atoms with Gasteiger partial charge < -0.3 is 9.84 Å². The minimum absolute atomic E-state index is 0.00484. The number of rotatable bonds is 7. The van der Waals surface area contributed by atoms with Crippen LogP contribution in [-0.2, 0) is 9.53 Å². The lowest BCUT2D eigenvalue weighted by Crippen LogP contribution is -2.44. The molecule has 0 aliphatic carbocycles. The average Bonchev–Trinajstić information content (AvgIpc) is 2.77. The highest BCUT2D eigenvalue weighted by Crippen LogP contribution is 2.20. The lowest BCUT2D eigenvalue weighted by molar-refractivity contribution is -0.143. The number of carbonyl (C=O) groups is 1. The van der Waals surface area contributed by atoms with E-state index in [-0.39, 0.29) is 6.04 Å². The molecule has 1 heterocycles. The van der Waals surface area contributed by atoms with Gasteiger partial charge in [-0.25, -0.2) is 0 Å². The van der Waals surface area contributed by atoms with E-state index in [4.69, 9.17) is 16.3 Å². The van der Waals surface area contributed by atoms with Gasteiger partial charge in [0.15, 0.2) is 0 Å². The zero-order valence-corrected chi connectivity index (χ0v) is 10.4. The molecule has 4 heteroatoms. The maximum absolute atomic E-state index is 11.1. The summed E-state index contributed by atoms with van der Waals surface area (Å²) in [5.41, 5.74) is 0. The van der Waals surface area contributed by atoms with E-state index >= 15 is 0 Å². The van der Waals surface area contributed by atoms with Gasteiger partial charge in [-0.05, 0) is 25.9 Å². The van der Waals surface area contributed by atoms with Crippen molar-refractivity contribution in [1.82, 2.24) is 4.90 Å². The normalized spacial score (nSPS) is 23.8. The van der Waals surface area contributed by atoms with Crippen LogP contribution in [0.25, 0.3) is 0 Å². The molecule has 0 amide bonds.